The van der Waals surface area contributed by atoms with Gasteiger partial charge in [-0.1, -0.05) is 17.7 Å². The Morgan fingerprint density at radius 2 is 1.83 bits per heavy atom. The van der Waals surface area contributed by atoms with Crippen LogP contribution in [0.15, 0.2) is 18.2 Å². The second-order valence-electron chi connectivity index (χ2n) is 6.87. The molecule has 0 atom stereocenters. The smallest absolute Gasteiger partial charge is 0.320 e. The molecule has 0 spiro atoms. The van der Waals surface area contributed by atoms with Crippen LogP contribution in [0.1, 0.15) is 26.3 Å². The Hall–Kier alpha value is -1.17. The van der Waals surface area contributed by atoms with E-state index in [2.05, 4.69) is 9.80 Å². The fourth-order valence-corrected chi connectivity index (χ4v) is 2.78. The van der Waals surface area contributed by atoms with Gasteiger partial charge in [0.05, 0.1) is 6.54 Å². The van der Waals surface area contributed by atoms with E-state index in [-0.39, 0.29) is 11.8 Å². The summed E-state index contributed by atoms with van der Waals surface area (Å²) >= 11 is 6.07. The molecule has 0 radical (unpaired) electrons. The largest absolute Gasteiger partial charge is 0.459 e. The van der Waals surface area contributed by atoms with Gasteiger partial charge < -0.3 is 4.74 Å². The molecule has 1 aromatic carbocycles. The lowest BCUT2D eigenvalue weighted by molar-refractivity contribution is -0.156. The number of nitrogens with zero attached hydrogens (tertiary/aromatic N) is 2. The fourth-order valence-electron chi connectivity index (χ4n) is 2.55. The van der Waals surface area contributed by atoms with Crippen molar-refractivity contribution in [2.24, 2.45) is 0 Å². The monoisotopic (exact) mass is 342 g/mol. The van der Waals surface area contributed by atoms with Crippen molar-refractivity contribution in [1.29, 1.82) is 0 Å². The number of esters is 1. The summed E-state index contributed by atoms with van der Waals surface area (Å²) < 4.78 is 18.4. The van der Waals surface area contributed by atoms with Gasteiger partial charge in [-0.15, -0.1) is 0 Å². The highest BCUT2D eigenvalue weighted by Crippen LogP contribution is 2.19. The van der Waals surface area contributed by atoms with Gasteiger partial charge in [0.2, 0.25) is 0 Å². The lowest BCUT2D eigenvalue weighted by Gasteiger charge is -2.34. The van der Waals surface area contributed by atoms with Crippen LogP contribution in [-0.2, 0) is 16.1 Å². The third-order valence-electron chi connectivity index (χ3n) is 3.65. The summed E-state index contributed by atoms with van der Waals surface area (Å²) in [5.74, 6) is -0.506. The van der Waals surface area contributed by atoms with Crippen LogP contribution >= 0.6 is 11.6 Å². The van der Waals surface area contributed by atoms with Gasteiger partial charge in [-0.2, -0.15) is 0 Å². The molecule has 1 aliphatic rings. The number of halogens is 2. The summed E-state index contributed by atoms with van der Waals surface area (Å²) in [6, 6.07) is 4.50. The topological polar surface area (TPSA) is 32.8 Å². The van der Waals surface area contributed by atoms with Crippen molar-refractivity contribution in [3.8, 4) is 0 Å². The lowest BCUT2D eigenvalue weighted by atomic mass is 10.2. The Morgan fingerprint density at radius 1 is 1.22 bits per heavy atom. The zero-order valence-corrected chi connectivity index (χ0v) is 14.7. The summed E-state index contributed by atoms with van der Waals surface area (Å²) in [4.78, 5) is 16.2. The molecular formula is C17H24ClFN2O2. The summed E-state index contributed by atoms with van der Waals surface area (Å²) in [6.45, 7) is 9.92. The summed E-state index contributed by atoms with van der Waals surface area (Å²) in [5.41, 5.74) is 0.478. The van der Waals surface area contributed by atoms with Crippen LogP contribution in [0.5, 0.6) is 0 Å². The maximum absolute atomic E-state index is 13.1. The molecule has 2 rings (SSSR count). The molecule has 1 heterocycles. The molecule has 6 heteroatoms. The molecule has 23 heavy (non-hydrogen) atoms. The van der Waals surface area contributed by atoms with Gasteiger partial charge in [0.25, 0.3) is 0 Å². The van der Waals surface area contributed by atoms with Crippen molar-refractivity contribution >= 4 is 17.6 Å². The molecule has 0 saturated carbocycles. The quantitative estimate of drug-likeness (QED) is 0.788. The van der Waals surface area contributed by atoms with Gasteiger partial charge in [0.1, 0.15) is 11.4 Å². The fraction of sp³-hybridized carbons (Fsp3) is 0.588. The predicted molar refractivity (Wildman–Crippen MR) is 89.0 cm³/mol. The van der Waals surface area contributed by atoms with Crippen LogP contribution < -0.4 is 0 Å². The minimum absolute atomic E-state index is 0.187. The first-order chi connectivity index (χ1) is 10.7. The molecule has 0 bridgehead atoms. The summed E-state index contributed by atoms with van der Waals surface area (Å²) in [6.07, 6.45) is 0. The number of carbonyl (C=O) groups excluding carboxylic acids is 1. The van der Waals surface area contributed by atoms with Gasteiger partial charge >= 0.3 is 5.97 Å². The lowest BCUT2D eigenvalue weighted by Crippen LogP contribution is -2.48. The second kappa shape index (κ2) is 7.60. The van der Waals surface area contributed by atoms with Crippen molar-refractivity contribution in [3.05, 3.63) is 34.6 Å². The highest BCUT2D eigenvalue weighted by atomic mass is 35.5. The molecule has 4 nitrogen and oxygen atoms in total. The zero-order valence-electron chi connectivity index (χ0n) is 13.9. The van der Waals surface area contributed by atoms with E-state index >= 15 is 0 Å². The molecule has 0 unspecified atom stereocenters. The van der Waals surface area contributed by atoms with E-state index in [1.54, 1.807) is 6.07 Å². The van der Waals surface area contributed by atoms with E-state index in [4.69, 9.17) is 16.3 Å². The molecule has 1 fully saturated rings. The third kappa shape index (κ3) is 6.09. The average Bonchev–Trinajstić information content (AvgIpc) is 2.42. The maximum atomic E-state index is 13.1. The second-order valence-corrected chi connectivity index (χ2v) is 7.28. The predicted octanol–water partition coefficient (Wildman–Crippen LogP) is 2.94. The standard InChI is InChI=1S/C17H24ClFN2O2/c1-17(2,3)23-16(22)12-21-8-6-20(7-9-21)11-13-4-5-14(19)10-15(13)18/h4-5,10H,6-9,11-12H2,1-3H3. The van der Waals surface area contributed by atoms with Crippen molar-refractivity contribution in [3.63, 3.8) is 0 Å². The van der Waals surface area contributed by atoms with Crippen molar-refractivity contribution in [1.82, 2.24) is 9.80 Å². The van der Waals surface area contributed by atoms with Crippen molar-refractivity contribution in [2.75, 3.05) is 32.7 Å². The normalized spacial score (nSPS) is 17.3. The average molecular weight is 343 g/mol. The van der Waals surface area contributed by atoms with Gasteiger partial charge in [0, 0.05) is 37.7 Å². The Bertz CT molecular complexity index is 552. The highest BCUT2D eigenvalue weighted by Gasteiger charge is 2.22. The Kier molecular flexibility index (Phi) is 6.00. The molecule has 0 amide bonds. The number of carbonyl (C=O) groups is 1. The number of hydrogen-bond acceptors (Lipinski definition) is 4. The summed E-state index contributed by atoms with van der Waals surface area (Å²) in [5, 5.41) is 0.459. The molecule has 1 aliphatic heterocycles. The van der Waals surface area contributed by atoms with Gasteiger partial charge in [-0.25, -0.2) is 4.39 Å². The number of benzene rings is 1. The molecule has 128 valence electrons. The third-order valence-corrected chi connectivity index (χ3v) is 4.00. The maximum Gasteiger partial charge on any atom is 0.320 e. The van der Waals surface area contributed by atoms with Crippen LogP contribution in [-0.4, -0.2) is 54.1 Å². The number of ether oxygens (including phenoxy) is 1. The summed E-state index contributed by atoms with van der Waals surface area (Å²) in [7, 11) is 0. The van der Waals surface area contributed by atoms with E-state index in [0.717, 1.165) is 31.7 Å². The first-order valence-electron chi connectivity index (χ1n) is 7.83. The Balaban J connectivity index is 1.79. The minimum Gasteiger partial charge on any atom is -0.459 e. The molecule has 0 aliphatic carbocycles. The number of hydrogen-bond donors (Lipinski definition) is 0. The molecular weight excluding hydrogens is 319 g/mol. The SMILES string of the molecule is CC(C)(C)OC(=O)CN1CCN(Cc2ccc(F)cc2Cl)CC1. The van der Waals surface area contributed by atoms with Crippen molar-refractivity contribution in [2.45, 2.75) is 32.9 Å². The van der Waals surface area contributed by atoms with Crippen LogP contribution in [0.25, 0.3) is 0 Å². The van der Waals surface area contributed by atoms with E-state index in [0.29, 0.717) is 18.1 Å². The number of rotatable bonds is 4. The molecule has 0 N–H and O–H groups in total. The highest BCUT2D eigenvalue weighted by molar-refractivity contribution is 6.31. The Labute approximate surface area is 142 Å². The molecule has 0 aromatic heterocycles. The Morgan fingerprint density at radius 3 is 2.39 bits per heavy atom. The van der Waals surface area contributed by atoms with E-state index in [1.165, 1.54) is 12.1 Å². The van der Waals surface area contributed by atoms with Crippen molar-refractivity contribution < 1.29 is 13.9 Å². The van der Waals surface area contributed by atoms with Crippen LogP contribution in [0.4, 0.5) is 4.39 Å². The van der Waals surface area contributed by atoms with Crippen LogP contribution in [0.2, 0.25) is 5.02 Å². The van der Waals surface area contributed by atoms with Crippen LogP contribution in [0.3, 0.4) is 0 Å². The minimum atomic E-state index is -0.446. The first-order valence-corrected chi connectivity index (χ1v) is 8.21. The first kappa shape index (κ1) is 18.2. The van der Waals surface area contributed by atoms with Crippen LogP contribution in [0, 0.1) is 5.82 Å². The number of piperazine rings is 1. The molecule has 1 saturated heterocycles. The van der Waals surface area contributed by atoms with E-state index in [1.807, 2.05) is 20.8 Å². The van der Waals surface area contributed by atoms with Gasteiger partial charge in [-0.3, -0.25) is 14.6 Å². The zero-order chi connectivity index (χ0) is 17.0. The van der Waals surface area contributed by atoms with E-state index < -0.39 is 5.60 Å². The van der Waals surface area contributed by atoms with Gasteiger partial charge in [-0.05, 0) is 38.5 Å². The molecule has 1 aromatic rings. The van der Waals surface area contributed by atoms with E-state index in [9.17, 15) is 9.18 Å². The van der Waals surface area contributed by atoms with Gasteiger partial charge in [0.15, 0.2) is 0 Å².